The van der Waals surface area contributed by atoms with Gasteiger partial charge in [0.15, 0.2) is 0 Å². The smallest absolute Gasteiger partial charge is 0.311 e. The summed E-state index contributed by atoms with van der Waals surface area (Å²) in [4.78, 5) is 21.5. The molecule has 19 heavy (non-hydrogen) atoms. The molecule has 8 nitrogen and oxygen atoms in total. The van der Waals surface area contributed by atoms with Crippen LogP contribution in [0.1, 0.15) is 18.8 Å². The van der Waals surface area contributed by atoms with Gasteiger partial charge in [0.1, 0.15) is 5.82 Å². The average Bonchev–Trinajstić information content (AvgIpc) is 2.92. The van der Waals surface area contributed by atoms with E-state index in [1.54, 1.807) is 12.4 Å². The number of methoxy groups -OCH3 is 1. The van der Waals surface area contributed by atoms with Gasteiger partial charge in [0.25, 0.3) is 0 Å². The molecule has 0 radical (unpaired) electrons. The normalized spacial score (nSPS) is 11.9. The van der Waals surface area contributed by atoms with E-state index in [1.807, 2.05) is 6.92 Å². The van der Waals surface area contributed by atoms with Gasteiger partial charge in [0.05, 0.1) is 18.1 Å². The van der Waals surface area contributed by atoms with Crippen molar-refractivity contribution in [2.75, 3.05) is 12.4 Å². The molecule has 0 aliphatic carbocycles. The fourth-order valence-corrected chi connectivity index (χ4v) is 1.59. The lowest BCUT2D eigenvalue weighted by molar-refractivity contribution is -0.384. The summed E-state index contributed by atoms with van der Waals surface area (Å²) in [6, 6.07) is 2.55. The van der Waals surface area contributed by atoms with Crippen LogP contribution in [-0.2, 0) is 0 Å². The van der Waals surface area contributed by atoms with E-state index in [4.69, 9.17) is 4.74 Å². The molecule has 1 unspecified atom stereocenters. The number of imidazole rings is 1. The van der Waals surface area contributed by atoms with Crippen LogP contribution in [0.15, 0.2) is 24.5 Å². The predicted molar refractivity (Wildman–Crippen MR) is 68.1 cm³/mol. The second-order valence-corrected chi connectivity index (χ2v) is 3.82. The molecule has 100 valence electrons. The zero-order valence-electron chi connectivity index (χ0n) is 10.5. The van der Waals surface area contributed by atoms with Crippen LogP contribution in [0.2, 0.25) is 0 Å². The lowest BCUT2D eigenvalue weighted by Gasteiger charge is -2.12. The van der Waals surface area contributed by atoms with Crippen LogP contribution in [0.25, 0.3) is 0 Å². The highest BCUT2D eigenvalue weighted by atomic mass is 16.6. The highest BCUT2D eigenvalue weighted by Crippen LogP contribution is 2.27. The summed E-state index contributed by atoms with van der Waals surface area (Å²) in [5.41, 5.74) is -0.112. The number of ether oxygens (including phenoxy) is 1. The van der Waals surface area contributed by atoms with Gasteiger partial charge >= 0.3 is 5.69 Å². The maximum atomic E-state index is 11.0. The Hall–Kier alpha value is -2.64. The highest BCUT2D eigenvalue weighted by molar-refractivity contribution is 5.57. The average molecular weight is 263 g/mol. The molecule has 0 bridgehead atoms. The van der Waals surface area contributed by atoms with Crippen LogP contribution in [0.4, 0.5) is 11.5 Å². The highest BCUT2D eigenvalue weighted by Gasteiger charge is 2.19. The number of rotatable bonds is 5. The van der Waals surface area contributed by atoms with Crippen molar-refractivity contribution in [3.8, 4) is 5.88 Å². The van der Waals surface area contributed by atoms with E-state index in [2.05, 4.69) is 20.3 Å². The van der Waals surface area contributed by atoms with Crippen LogP contribution < -0.4 is 10.1 Å². The number of hydrogen-bond acceptors (Lipinski definition) is 6. The third kappa shape index (κ3) is 2.79. The van der Waals surface area contributed by atoms with Crippen molar-refractivity contribution >= 4 is 11.5 Å². The van der Waals surface area contributed by atoms with E-state index in [9.17, 15) is 10.1 Å². The largest absolute Gasteiger partial charge is 0.481 e. The molecule has 1 atom stereocenters. The molecule has 0 saturated carbocycles. The quantitative estimate of drug-likeness (QED) is 0.630. The Balaban J connectivity index is 2.29. The number of H-pyrrole nitrogens is 1. The molecule has 0 aliphatic rings. The van der Waals surface area contributed by atoms with Crippen LogP contribution in [-0.4, -0.2) is 27.0 Å². The number of pyridine rings is 1. The van der Waals surface area contributed by atoms with Gasteiger partial charge in [0, 0.05) is 24.5 Å². The molecule has 2 rings (SSSR count). The van der Waals surface area contributed by atoms with Gasteiger partial charge in [-0.25, -0.2) is 4.98 Å². The third-order valence-electron chi connectivity index (χ3n) is 2.54. The summed E-state index contributed by atoms with van der Waals surface area (Å²) < 4.78 is 4.96. The van der Waals surface area contributed by atoms with E-state index in [1.165, 1.54) is 19.2 Å². The van der Waals surface area contributed by atoms with Gasteiger partial charge in [-0.3, -0.25) is 10.1 Å². The van der Waals surface area contributed by atoms with E-state index in [0.29, 0.717) is 11.7 Å². The monoisotopic (exact) mass is 263 g/mol. The Morgan fingerprint density at radius 2 is 2.32 bits per heavy atom. The zero-order chi connectivity index (χ0) is 13.8. The van der Waals surface area contributed by atoms with Crippen molar-refractivity contribution in [1.29, 1.82) is 0 Å². The molecule has 2 aromatic rings. The van der Waals surface area contributed by atoms with Crippen LogP contribution in [0.3, 0.4) is 0 Å². The standard InChI is InChI=1S/C11H13N5O3/c1-7(10-12-5-6-13-10)14-11-8(16(17)18)3-4-9(15-11)19-2/h3-7H,1-2H3,(H,12,13)(H,14,15). The molecular weight excluding hydrogens is 250 g/mol. The first-order valence-corrected chi connectivity index (χ1v) is 5.57. The van der Waals surface area contributed by atoms with Crippen molar-refractivity contribution < 1.29 is 9.66 Å². The molecule has 2 aromatic heterocycles. The second kappa shape index (κ2) is 5.34. The van der Waals surface area contributed by atoms with E-state index in [-0.39, 0.29) is 17.5 Å². The van der Waals surface area contributed by atoms with Gasteiger partial charge in [-0.2, -0.15) is 4.98 Å². The van der Waals surface area contributed by atoms with Crippen molar-refractivity contribution in [1.82, 2.24) is 15.0 Å². The van der Waals surface area contributed by atoms with Crippen LogP contribution >= 0.6 is 0 Å². The summed E-state index contributed by atoms with van der Waals surface area (Å²) in [6.07, 6.45) is 3.29. The maximum absolute atomic E-state index is 11.0. The van der Waals surface area contributed by atoms with E-state index >= 15 is 0 Å². The molecular formula is C11H13N5O3. The Kier molecular flexibility index (Phi) is 3.60. The van der Waals surface area contributed by atoms with Gasteiger partial charge < -0.3 is 15.0 Å². The minimum Gasteiger partial charge on any atom is -0.481 e. The number of aromatic nitrogens is 3. The Morgan fingerprint density at radius 3 is 2.89 bits per heavy atom. The van der Waals surface area contributed by atoms with Crippen LogP contribution in [0.5, 0.6) is 5.88 Å². The van der Waals surface area contributed by atoms with Crippen molar-refractivity contribution in [2.24, 2.45) is 0 Å². The molecule has 0 aliphatic heterocycles. The zero-order valence-corrected chi connectivity index (χ0v) is 10.5. The van der Waals surface area contributed by atoms with Gasteiger partial charge in [-0.15, -0.1) is 0 Å². The molecule has 0 spiro atoms. The first-order chi connectivity index (χ1) is 9.11. The first-order valence-electron chi connectivity index (χ1n) is 5.57. The minimum absolute atomic E-state index is 0.112. The number of anilines is 1. The number of hydrogen-bond donors (Lipinski definition) is 2. The summed E-state index contributed by atoms with van der Waals surface area (Å²) in [5, 5.41) is 13.9. The van der Waals surface area contributed by atoms with E-state index < -0.39 is 4.92 Å². The number of aromatic amines is 1. The molecule has 8 heteroatoms. The molecule has 0 fully saturated rings. The Morgan fingerprint density at radius 1 is 1.53 bits per heavy atom. The lowest BCUT2D eigenvalue weighted by atomic mass is 10.3. The molecule has 0 amide bonds. The lowest BCUT2D eigenvalue weighted by Crippen LogP contribution is -2.11. The van der Waals surface area contributed by atoms with Gasteiger partial charge in [-0.05, 0) is 6.92 Å². The van der Waals surface area contributed by atoms with Gasteiger partial charge in [0.2, 0.25) is 11.7 Å². The first kappa shape index (κ1) is 12.8. The maximum Gasteiger partial charge on any atom is 0.311 e. The summed E-state index contributed by atoms with van der Waals surface area (Å²) in [7, 11) is 1.45. The molecule has 0 saturated heterocycles. The molecule has 0 aromatic carbocycles. The van der Waals surface area contributed by atoms with Crippen molar-refractivity contribution in [3.05, 3.63) is 40.5 Å². The van der Waals surface area contributed by atoms with Crippen LogP contribution in [0, 0.1) is 10.1 Å². The predicted octanol–water partition coefficient (Wildman–Crippen LogP) is 1.89. The minimum atomic E-state index is -0.496. The van der Waals surface area contributed by atoms with Crippen molar-refractivity contribution in [2.45, 2.75) is 13.0 Å². The fraction of sp³-hybridized carbons (Fsp3) is 0.273. The SMILES string of the molecule is COc1ccc([N+](=O)[O-])c(NC(C)c2ncc[nH]2)n1. The third-order valence-corrected chi connectivity index (χ3v) is 2.54. The number of nitrogens with one attached hydrogen (secondary N) is 2. The number of nitro groups is 1. The summed E-state index contributed by atoms with van der Waals surface area (Å²) in [6.45, 7) is 1.82. The molecule has 2 heterocycles. The number of nitrogens with zero attached hydrogens (tertiary/aromatic N) is 3. The second-order valence-electron chi connectivity index (χ2n) is 3.82. The Labute approximate surface area is 109 Å². The fourth-order valence-electron chi connectivity index (χ4n) is 1.59. The molecule has 2 N–H and O–H groups in total. The topological polar surface area (TPSA) is 106 Å². The van der Waals surface area contributed by atoms with Gasteiger partial charge in [-0.1, -0.05) is 0 Å². The summed E-state index contributed by atoms with van der Waals surface area (Å²) in [5.74, 6) is 1.12. The van der Waals surface area contributed by atoms with E-state index in [0.717, 1.165) is 0 Å². The summed E-state index contributed by atoms with van der Waals surface area (Å²) >= 11 is 0. The Bertz CT molecular complexity index is 570. The van der Waals surface area contributed by atoms with Crippen molar-refractivity contribution in [3.63, 3.8) is 0 Å².